The quantitative estimate of drug-likeness (QED) is 0.235. The summed E-state index contributed by atoms with van der Waals surface area (Å²) in [5, 5.41) is 25.5. The van der Waals surface area contributed by atoms with E-state index in [2.05, 4.69) is 30.6 Å². The van der Waals surface area contributed by atoms with Crippen LogP contribution in [0, 0.1) is 12.8 Å². The number of likely N-dealkylation sites (tertiary alicyclic amines) is 1. The summed E-state index contributed by atoms with van der Waals surface area (Å²) in [4.78, 5) is 51.1. The van der Waals surface area contributed by atoms with Crippen LogP contribution in [0.25, 0.3) is 10.6 Å². The minimum Gasteiger partial charge on any atom is -0.494 e. The van der Waals surface area contributed by atoms with E-state index in [9.17, 15) is 19.5 Å². The predicted octanol–water partition coefficient (Wildman–Crippen LogP) is 2.58. The van der Waals surface area contributed by atoms with Crippen molar-refractivity contribution in [2.45, 2.75) is 38.6 Å². The predicted molar refractivity (Wildman–Crippen MR) is 183 cm³/mol. The van der Waals surface area contributed by atoms with E-state index in [1.54, 1.807) is 12.1 Å². The van der Waals surface area contributed by atoms with Crippen molar-refractivity contribution in [3.63, 3.8) is 0 Å². The number of benzene rings is 1. The van der Waals surface area contributed by atoms with Gasteiger partial charge in [-0.15, -0.1) is 21.5 Å². The zero-order chi connectivity index (χ0) is 36.3. The van der Waals surface area contributed by atoms with Gasteiger partial charge in [0.2, 0.25) is 5.91 Å². The molecule has 2 saturated heterocycles. The molecule has 0 radical (unpaired) electrons. The number of aryl methyl sites for hydroxylation is 1. The van der Waals surface area contributed by atoms with E-state index in [0.29, 0.717) is 58.3 Å². The van der Waals surface area contributed by atoms with Crippen molar-refractivity contribution >= 4 is 46.3 Å². The van der Waals surface area contributed by atoms with Crippen LogP contribution in [0.4, 0.5) is 17.2 Å². The number of ether oxygens (including phenoxy) is 1. The fraction of sp³-hybridized carbons (Fsp3) is 0.515. The highest BCUT2D eigenvalue weighted by molar-refractivity contribution is 7.17. The molecule has 0 spiro atoms. The molecule has 0 unspecified atom stereocenters. The van der Waals surface area contributed by atoms with Gasteiger partial charge in [0.25, 0.3) is 11.8 Å². The first kappa shape index (κ1) is 29.9. The molecule has 0 atom stereocenters. The number of nitrogens with one attached hydrogen (secondary N) is 3. The number of hydrogen-bond donors (Lipinski definition) is 4. The molecule has 0 bridgehead atoms. The maximum absolute atomic E-state index is 13.8. The summed E-state index contributed by atoms with van der Waals surface area (Å²) in [6.45, 7) is 5.10. The summed E-state index contributed by atoms with van der Waals surface area (Å²) in [6.07, 6.45) is 3.36. The van der Waals surface area contributed by atoms with Gasteiger partial charge in [-0.1, -0.05) is 6.07 Å². The molecular weight excluding hydrogens is 634 g/mol. The Labute approximate surface area is 288 Å². The zero-order valence-corrected chi connectivity index (χ0v) is 27.9. The third kappa shape index (κ3) is 7.43. The number of methoxy groups -OCH3 is 1. The number of aliphatic hydroxyl groups excluding tert-OH is 1. The SMILES string of the molecule is [2H]C([2H])([2H])NC(=O)c1nnc(NC(=O)C2CC2)cc1Nc1cccc(-c2nc(C)c(C(=O)N3CCC(N4CCN(CCO)CC4)CC3)s2)c1OC. The number of thiazole rings is 1. The summed E-state index contributed by atoms with van der Waals surface area (Å²) >= 11 is 1.28. The Morgan fingerprint density at radius 2 is 1.83 bits per heavy atom. The number of piperazine rings is 1. The van der Waals surface area contributed by atoms with Crippen LogP contribution in [0.2, 0.25) is 0 Å². The topological polar surface area (TPSA) is 165 Å². The number of carbonyl (C=O) groups is 3. The molecule has 3 amide bonds. The molecule has 1 aliphatic carbocycles. The molecule has 15 heteroatoms. The van der Waals surface area contributed by atoms with Gasteiger partial charge in [-0.3, -0.25) is 24.2 Å². The lowest BCUT2D eigenvalue weighted by molar-refractivity contribution is -0.117. The summed E-state index contributed by atoms with van der Waals surface area (Å²) in [5.74, 6) is -0.885. The normalized spacial score (nSPS) is 18.8. The molecule has 6 rings (SSSR count). The first-order chi connectivity index (χ1) is 24.4. The van der Waals surface area contributed by atoms with Crippen LogP contribution in [-0.4, -0.2) is 125 Å². The number of carbonyl (C=O) groups excluding carboxylic acids is 3. The van der Waals surface area contributed by atoms with E-state index in [1.807, 2.05) is 23.2 Å². The zero-order valence-electron chi connectivity index (χ0n) is 30.1. The third-order valence-electron chi connectivity index (χ3n) is 9.12. The van der Waals surface area contributed by atoms with Crippen LogP contribution in [0.1, 0.15) is 55.6 Å². The number of nitrogens with zero attached hydrogens (tertiary/aromatic N) is 6. The lowest BCUT2D eigenvalue weighted by atomic mass is 10.0. The summed E-state index contributed by atoms with van der Waals surface area (Å²) in [5.41, 5.74) is 1.42. The van der Waals surface area contributed by atoms with Gasteiger partial charge in [-0.05, 0) is 44.7 Å². The fourth-order valence-corrected chi connectivity index (χ4v) is 7.36. The van der Waals surface area contributed by atoms with Gasteiger partial charge in [0, 0.05) is 74.9 Å². The van der Waals surface area contributed by atoms with Crippen molar-refractivity contribution < 1.29 is 28.3 Å². The average molecular weight is 681 g/mol. The largest absolute Gasteiger partial charge is 0.494 e. The lowest BCUT2D eigenvalue weighted by Crippen LogP contribution is -2.54. The molecule has 4 heterocycles. The maximum atomic E-state index is 13.8. The van der Waals surface area contributed by atoms with Gasteiger partial charge < -0.3 is 30.7 Å². The van der Waals surface area contributed by atoms with Crippen LogP contribution < -0.4 is 20.7 Å². The van der Waals surface area contributed by atoms with Crippen molar-refractivity contribution in [2.75, 3.05) is 77.1 Å². The first-order valence-corrected chi connectivity index (χ1v) is 17.0. The van der Waals surface area contributed by atoms with Gasteiger partial charge in [0.05, 0.1) is 36.3 Å². The highest BCUT2D eigenvalue weighted by Gasteiger charge is 2.32. The van der Waals surface area contributed by atoms with Crippen molar-refractivity contribution in [1.82, 2.24) is 35.2 Å². The Hall–Kier alpha value is -4.18. The number of rotatable bonds is 11. The molecule has 14 nitrogen and oxygen atoms in total. The van der Waals surface area contributed by atoms with Crippen molar-refractivity contribution in [2.24, 2.45) is 5.92 Å². The minimum atomic E-state index is -2.77. The summed E-state index contributed by atoms with van der Waals surface area (Å²) < 4.78 is 28.3. The Balaban J connectivity index is 1.19. The van der Waals surface area contributed by atoms with Gasteiger partial charge in [0.15, 0.2) is 17.3 Å². The Kier molecular flexibility index (Phi) is 9.31. The summed E-state index contributed by atoms with van der Waals surface area (Å²) in [7, 11) is 1.49. The highest BCUT2D eigenvalue weighted by Crippen LogP contribution is 2.41. The van der Waals surface area contributed by atoms with E-state index in [4.69, 9.17) is 13.8 Å². The number of β-amino-alcohol motifs (C(OH)–C–C–N with tert-alkyl or cyclic N) is 1. The molecular formula is C33H43N9O5S. The average Bonchev–Trinajstić information content (AvgIpc) is 3.89. The highest BCUT2D eigenvalue weighted by atomic mass is 32.1. The molecule has 1 saturated carbocycles. The Morgan fingerprint density at radius 1 is 1.06 bits per heavy atom. The molecule has 3 aliphatic rings. The second kappa shape index (κ2) is 14.9. The Morgan fingerprint density at radius 3 is 2.52 bits per heavy atom. The number of hydrogen-bond acceptors (Lipinski definition) is 12. The van der Waals surface area contributed by atoms with Gasteiger partial charge >= 0.3 is 0 Å². The van der Waals surface area contributed by atoms with Crippen LogP contribution in [0.3, 0.4) is 0 Å². The number of aliphatic hydroxyl groups is 1. The summed E-state index contributed by atoms with van der Waals surface area (Å²) in [6, 6.07) is 7.14. The molecule has 1 aromatic carbocycles. The Bertz CT molecular complexity index is 1750. The monoisotopic (exact) mass is 680 g/mol. The molecule has 2 aliphatic heterocycles. The van der Waals surface area contributed by atoms with E-state index in [1.165, 1.54) is 24.5 Å². The molecule has 3 aromatic rings. The van der Waals surface area contributed by atoms with E-state index < -0.39 is 12.9 Å². The number of piperidine rings is 1. The standard InChI is InChI=1S/C33H43N9O5S/c1-20-29(33(46)42-11-9-22(10-12-42)41-15-13-40(14-16-41)17-18-43)48-32(35-20)23-5-4-6-24(28(23)47-3)36-25-19-26(37-30(44)21-7-8-21)38-39-27(25)31(45)34-2/h4-6,19,21-22,43H,7-18H2,1-3H3,(H,34,45)(H2,36,37,38,44)/i2D3. The van der Waals surface area contributed by atoms with E-state index >= 15 is 0 Å². The van der Waals surface area contributed by atoms with Gasteiger partial charge in [-0.25, -0.2) is 4.98 Å². The van der Waals surface area contributed by atoms with Crippen molar-refractivity contribution in [3.8, 4) is 16.3 Å². The van der Waals surface area contributed by atoms with Gasteiger partial charge in [-0.2, -0.15) is 0 Å². The van der Waals surface area contributed by atoms with Crippen molar-refractivity contribution in [1.29, 1.82) is 0 Å². The lowest BCUT2D eigenvalue weighted by Gasteiger charge is -2.42. The molecule has 3 fully saturated rings. The second-order valence-electron chi connectivity index (χ2n) is 12.3. The van der Waals surface area contributed by atoms with E-state index in [0.717, 1.165) is 51.9 Å². The number of aromatic nitrogens is 3. The van der Waals surface area contributed by atoms with Crippen LogP contribution >= 0.6 is 11.3 Å². The smallest absolute Gasteiger partial charge is 0.273 e. The molecule has 256 valence electrons. The number of para-hydroxylation sites is 1. The minimum absolute atomic E-state index is 0.0516. The van der Waals surface area contributed by atoms with Gasteiger partial charge in [0.1, 0.15) is 9.88 Å². The second-order valence-corrected chi connectivity index (χ2v) is 13.3. The fourth-order valence-electron chi connectivity index (χ4n) is 6.30. The van der Waals surface area contributed by atoms with Crippen molar-refractivity contribution in [3.05, 3.63) is 40.5 Å². The molecule has 2 aromatic heterocycles. The molecule has 48 heavy (non-hydrogen) atoms. The first-order valence-electron chi connectivity index (χ1n) is 17.7. The van der Waals surface area contributed by atoms with Crippen LogP contribution in [-0.2, 0) is 4.79 Å². The number of amides is 3. The molecule has 4 N–H and O–H groups in total. The van der Waals surface area contributed by atoms with Crippen LogP contribution in [0.15, 0.2) is 24.3 Å². The third-order valence-corrected chi connectivity index (χ3v) is 10.3. The number of anilines is 3. The maximum Gasteiger partial charge on any atom is 0.273 e. The van der Waals surface area contributed by atoms with E-state index in [-0.39, 0.29) is 41.5 Å². The van der Waals surface area contributed by atoms with Crippen LogP contribution in [0.5, 0.6) is 5.75 Å².